The maximum Gasteiger partial charge on any atom is -0.0232 e. The van der Waals surface area contributed by atoms with Crippen LogP contribution in [0.3, 0.4) is 0 Å². The molecular weight excluding hydrogens is 599 g/mol. The van der Waals surface area contributed by atoms with Crippen LogP contribution in [0.2, 0.25) is 13.1 Å². The summed E-state index contributed by atoms with van der Waals surface area (Å²) in [7, 11) is 0. The molecule has 0 radical (unpaired) electrons. The molecule has 0 bridgehead atoms. The fourth-order valence-corrected chi connectivity index (χ4v) is 5.24. The van der Waals surface area contributed by atoms with E-state index in [1.807, 2.05) is 0 Å². The minimum atomic E-state index is 0. The van der Waals surface area contributed by atoms with Crippen LogP contribution in [0.5, 0.6) is 0 Å². The van der Waals surface area contributed by atoms with E-state index in [1.54, 1.807) is 34.5 Å². The zero-order chi connectivity index (χ0) is 27.3. The van der Waals surface area contributed by atoms with Crippen LogP contribution < -0.4 is 24.8 Å². The predicted molar refractivity (Wildman–Crippen MR) is 162 cm³/mol. The summed E-state index contributed by atoms with van der Waals surface area (Å²) >= 11 is 1.74. The van der Waals surface area contributed by atoms with E-state index in [0.29, 0.717) is 23.7 Å². The molecule has 0 saturated heterocycles. The van der Waals surface area contributed by atoms with Gasteiger partial charge in [-0.2, -0.15) is 12.1 Å². The van der Waals surface area contributed by atoms with Gasteiger partial charge in [-0.25, -0.2) is 0 Å². The number of benzene rings is 2. The molecule has 4 aromatic rings. The van der Waals surface area contributed by atoms with Gasteiger partial charge in [0.15, 0.2) is 0 Å². The van der Waals surface area contributed by atoms with Gasteiger partial charge in [0.25, 0.3) is 0 Å². The molecule has 0 aliphatic heterocycles. The third-order valence-electron chi connectivity index (χ3n) is 6.62. The maximum absolute atomic E-state index is 2.33. The molecule has 0 spiro atoms. The first-order chi connectivity index (χ1) is 16.7. The summed E-state index contributed by atoms with van der Waals surface area (Å²) in [5, 5.41) is 5.70. The molecule has 0 unspecified atom stereocenters. The maximum atomic E-state index is 2.33. The predicted octanol–water partition coefficient (Wildman–Crippen LogP) is 5.02. The van der Waals surface area contributed by atoms with Gasteiger partial charge in [0.1, 0.15) is 0 Å². The van der Waals surface area contributed by atoms with Crippen molar-refractivity contribution in [1.82, 2.24) is 0 Å². The average Bonchev–Trinajstić information content (AvgIpc) is 3.31. The van der Waals surface area contributed by atoms with Crippen LogP contribution in [0.4, 0.5) is 0 Å². The Morgan fingerprint density at radius 3 is 1.11 bits per heavy atom. The van der Waals surface area contributed by atoms with Crippen LogP contribution in [0.1, 0.15) is 112 Å². The van der Waals surface area contributed by atoms with Gasteiger partial charge in [-0.05, 0) is 23.7 Å². The van der Waals surface area contributed by atoms with Crippen molar-refractivity contribution in [3.05, 3.63) is 81.9 Å². The third kappa shape index (κ3) is 9.76. The van der Waals surface area contributed by atoms with Gasteiger partial charge < -0.3 is 24.8 Å². The van der Waals surface area contributed by atoms with Crippen LogP contribution in [0.15, 0.2) is 48.5 Å². The van der Waals surface area contributed by atoms with Gasteiger partial charge in [-0.1, -0.05) is 91.5 Å². The molecule has 4 heteroatoms. The molecule has 0 aliphatic carbocycles. The van der Waals surface area contributed by atoms with Crippen LogP contribution in [0, 0.1) is 13.8 Å². The first-order valence-corrected chi connectivity index (χ1v) is 19.8. The summed E-state index contributed by atoms with van der Waals surface area (Å²) < 4.78 is 0. The fourth-order valence-electron chi connectivity index (χ4n) is 5.24. The molecule has 4 rings (SSSR count). The standard InChI is InChI=1S/2C16H21.C2H6Si.2ClH.Zr/c2*1-10(2)14-7-6-13-8-12(5)9-15(13)16(14)11(3)4;1-3-2;;;/h2*6-11H,1-5H3;1-2H3;2*1H;/q2*-1;;;;+2/p-2. The Morgan fingerprint density at radius 1 is 0.579 bits per heavy atom. The number of aryl methyl sites for hydroxylation is 2. The minimum absolute atomic E-state index is 0. The van der Waals surface area contributed by atoms with Gasteiger partial charge in [-0.15, -0.1) is 69.1 Å². The third-order valence-corrected chi connectivity index (χ3v) is 6.62. The summed E-state index contributed by atoms with van der Waals surface area (Å²) in [6, 6.07) is 18.4. The van der Waals surface area contributed by atoms with Crippen molar-refractivity contribution in [3.63, 3.8) is 0 Å². The van der Waals surface area contributed by atoms with Crippen LogP contribution in [-0.4, -0.2) is 5.43 Å². The van der Waals surface area contributed by atoms with Crippen molar-refractivity contribution in [3.8, 4) is 0 Å². The number of hydrogen-bond acceptors (Lipinski definition) is 0. The van der Waals surface area contributed by atoms with Crippen molar-refractivity contribution >= 4 is 27.0 Å². The smallest absolute Gasteiger partial charge is 0.0232 e. The van der Waals surface area contributed by atoms with E-state index in [-0.39, 0.29) is 30.2 Å². The Kier molecular flexibility index (Phi) is 16.3. The summed E-state index contributed by atoms with van der Waals surface area (Å²) in [4.78, 5) is 0. The van der Waals surface area contributed by atoms with Crippen LogP contribution in [-0.2, 0) is 23.3 Å². The first-order valence-electron chi connectivity index (χ1n) is 13.7. The molecule has 0 nitrogen and oxygen atoms in total. The second-order valence-electron chi connectivity index (χ2n) is 11.8. The first kappa shape index (κ1) is 37.3. The van der Waals surface area contributed by atoms with Crippen molar-refractivity contribution in [2.45, 2.75) is 106 Å². The van der Waals surface area contributed by atoms with Gasteiger partial charge in [-0.3, -0.25) is 0 Å². The largest absolute Gasteiger partial charge is 1.00 e. The second kappa shape index (κ2) is 16.6. The van der Waals surface area contributed by atoms with E-state index < -0.39 is 0 Å². The van der Waals surface area contributed by atoms with Crippen molar-refractivity contribution < 1.29 is 48.1 Å². The number of fused-ring (bicyclic) bond motifs is 2. The molecule has 0 atom stereocenters. The molecular formula is C34H48Cl2SiZr-2. The molecule has 0 aliphatic rings. The van der Waals surface area contributed by atoms with E-state index in [9.17, 15) is 0 Å². The van der Waals surface area contributed by atoms with E-state index in [2.05, 4.69) is 131 Å². The van der Waals surface area contributed by atoms with E-state index in [4.69, 9.17) is 0 Å². The Hall–Kier alpha value is -0.660. The summed E-state index contributed by atoms with van der Waals surface area (Å²) in [5.41, 5.74) is 9.06. The van der Waals surface area contributed by atoms with Crippen LogP contribution >= 0.6 is 0 Å². The summed E-state index contributed by atoms with van der Waals surface area (Å²) in [6.45, 7) is 27.3. The molecule has 208 valence electrons. The molecule has 0 heterocycles. The average molecular weight is 647 g/mol. The normalized spacial score (nSPS) is 10.8. The Balaban J connectivity index is 0.000000604. The SMILES string of the molecule is C[Si](C)=[Zr+2].Cc1cc2c(C(C)C)c(C(C)C)ccc2[cH-]1.Cc1cc2c(C(C)C)c(C(C)C)ccc2[cH-]1.[Cl-].[Cl-]. The van der Waals surface area contributed by atoms with Gasteiger partial charge >= 0.3 is 41.9 Å². The number of hydrogen-bond donors (Lipinski definition) is 0. The molecule has 0 fully saturated rings. The van der Waals surface area contributed by atoms with E-state index >= 15 is 0 Å². The zero-order valence-corrected chi connectivity index (χ0v) is 30.7. The monoisotopic (exact) mass is 644 g/mol. The Morgan fingerprint density at radius 2 is 0.868 bits per heavy atom. The van der Waals surface area contributed by atoms with Crippen molar-refractivity contribution in [2.24, 2.45) is 0 Å². The molecule has 38 heavy (non-hydrogen) atoms. The van der Waals surface area contributed by atoms with Gasteiger partial charge in [0.05, 0.1) is 0 Å². The van der Waals surface area contributed by atoms with Crippen molar-refractivity contribution in [2.75, 3.05) is 0 Å². The quantitative estimate of drug-likeness (QED) is 0.216. The zero-order valence-electron chi connectivity index (χ0n) is 25.7. The fraction of sp³-hybridized carbons (Fsp3) is 0.471. The van der Waals surface area contributed by atoms with Crippen LogP contribution in [0.25, 0.3) is 21.5 Å². The Bertz CT molecular complexity index is 1210. The molecule has 0 aromatic heterocycles. The van der Waals surface area contributed by atoms with Gasteiger partial charge in [0, 0.05) is 0 Å². The number of rotatable bonds is 4. The number of halogens is 2. The van der Waals surface area contributed by atoms with E-state index in [1.165, 1.54) is 43.8 Å². The summed E-state index contributed by atoms with van der Waals surface area (Å²) in [6.07, 6.45) is 0. The van der Waals surface area contributed by atoms with Gasteiger partial charge in [0.2, 0.25) is 0 Å². The molecule has 4 aromatic carbocycles. The molecule has 0 N–H and O–H groups in total. The second-order valence-corrected chi connectivity index (χ2v) is 21.2. The molecule has 0 saturated carbocycles. The molecule has 0 amide bonds. The van der Waals surface area contributed by atoms with E-state index in [0.717, 1.165) is 0 Å². The Labute approximate surface area is 261 Å². The summed E-state index contributed by atoms with van der Waals surface area (Å²) in [5.74, 6) is 2.42. The van der Waals surface area contributed by atoms with Crippen molar-refractivity contribution in [1.29, 1.82) is 0 Å². The topological polar surface area (TPSA) is 0 Å². The minimum Gasteiger partial charge on any atom is -1.00 e.